The summed E-state index contributed by atoms with van der Waals surface area (Å²) in [6, 6.07) is 11.9. The lowest BCUT2D eigenvalue weighted by molar-refractivity contribution is -0.135. The molecule has 0 N–H and O–H groups in total. The Balaban J connectivity index is 1.60. The van der Waals surface area contributed by atoms with E-state index in [0.717, 1.165) is 22.6 Å². The molecule has 0 spiro atoms. The van der Waals surface area contributed by atoms with Gasteiger partial charge in [0, 0.05) is 20.1 Å². The van der Waals surface area contributed by atoms with Gasteiger partial charge in [-0.3, -0.25) is 9.69 Å². The van der Waals surface area contributed by atoms with E-state index in [9.17, 15) is 9.18 Å². The van der Waals surface area contributed by atoms with E-state index >= 15 is 0 Å². The summed E-state index contributed by atoms with van der Waals surface area (Å²) in [6.45, 7) is 3.97. The Morgan fingerprint density at radius 3 is 2.48 bits per heavy atom. The van der Waals surface area contributed by atoms with E-state index in [2.05, 4.69) is 0 Å². The van der Waals surface area contributed by atoms with E-state index in [1.807, 2.05) is 43.1 Å². The molecule has 1 amide bonds. The number of likely N-dealkylation sites (N-methyl/N-ethyl adjacent to an activating group) is 2. The Labute approximate surface area is 159 Å². The van der Waals surface area contributed by atoms with Gasteiger partial charge in [-0.25, -0.2) is 4.39 Å². The first-order chi connectivity index (χ1) is 12.9. The van der Waals surface area contributed by atoms with Gasteiger partial charge in [0.05, 0.1) is 6.04 Å². The van der Waals surface area contributed by atoms with Crippen molar-refractivity contribution < 1.29 is 18.7 Å². The predicted octanol–water partition coefficient (Wildman–Crippen LogP) is 3.08. The molecule has 144 valence electrons. The maximum absolute atomic E-state index is 13.3. The van der Waals surface area contributed by atoms with E-state index < -0.39 is 0 Å². The monoisotopic (exact) mass is 372 g/mol. The largest absolute Gasteiger partial charge is 0.486 e. The lowest BCUT2D eigenvalue weighted by atomic mass is 10.1. The smallest absolute Gasteiger partial charge is 0.239 e. The second-order valence-corrected chi connectivity index (χ2v) is 6.89. The van der Waals surface area contributed by atoms with Crippen LogP contribution in [0.3, 0.4) is 0 Å². The number of fused-ring (bicyclic) bond motifs is 1. The topological polar surface area (TPSA) is 42.0 Å². The highest BCUT2D eigenvalue weighted by Gasteiger charge is 2.22. The van der Waals surface area contributed by atoms with Gasteiger partial charge in [0.25, 0.3) is 0 Å². The molecule has 27 heavy (non-hydrogen) atoms. The van der Waals surface area contributed by atoms with E-state index in [1.165, 1.54) is 12.1 Å². The van der Waals surface area contributed by atoms with Gasteiger partial charge >= 0.3 is 0 Å². The first-order valence-corrected chi connectivity index (χ1v) is 9.02. The molecule has 1 heterocycles. The number of nitrogens with zero attached hydrogens (tertiary/aromatic N) is 2. The van der Waals surface area contributed by atoms with Gasteiger partial charge in [-0.2, -0.15) is 0 Å². The quantitative estimate of drug-likeness (QED) is 0.782. The van der Waals surface area contributed by atoms with Crippen molar-refractivity contribution in [3.05, 3.63) is 59.4 Å². The third kappa shape index (κ3) is 4.77. The van der Waals surface area contributed by atoms with Gasteiger partial charge in [0.1, 0.15) is 19.0 Å². The summed E-state index contributed by atoms with van der Waals surface area (Å²) in [5.41, 5.74) is 1.82. The molecule has 1 aliphatic rings. The third-order valence-corrected chi connectivity index (χ3v) is 4.74. The standard InChI is InChI=1S/C21H25FN2O3/c1-15(21(25)24(3)14-16-5-4-6-18(22)11-16)23(2)13-17-7-8-19-20(12-17)27-10-9-26-19/h4-8,11-12,15H,9-10,13-14H2,1-3H3. The normalized spacial score (nSPS) is 14.1. The number of carbonyl (C=O) groups is 1. The van der Waals surface area contributed by atoms with Crippen LogP contribution in [0.5, 0.6) is 11.5 Å². The summed E-state index contributed by atoms with van der Waals surface area (Å²) < 4.78 is 24.5. The minimum atomic E-state index is -0.309. The summed E-state index contributed by atoms with van der Waals surface area (Å²) in [5, 5.41) is 0. The molecular formula is C21H25FN2O3. The number of halogens is 1. The van der Waals surface area contributed by atoms with E-state index in [0.29, 0.717) is 26.3 Å². The molecule has 0 saturated carbocycles. The highest BCUT2D eigenvalue weighted by molar-refractivity contribution is 5.81. The average Bonchev–Trinajstić information content (AvgIpc) is 2.66. The molecule has 1 aliphatic heterocycles. The van der Waals surface area contributed by atoms with Gasteiger partial charge in [-0.1, -0.05) is 18.2 Å². The zero-order valence-corrected chi connectivity index (χ0v) is 15.9. The fraction of sp³-hybridized carbons (Fsp3) is 0.381. The Kier molecular flexibility index (Phi) is 5.96. The number of benzene rings is 2. The summed E-state index contributed by atoms with van der Waals surface area (Å²) in [4.78, 5) is 16.3. The van der Waals surface area contributed by atoms with Crippen LogP contribution < -0.4 is 9.47 Å². The zero-order chi connectivity index (χ0) is 19.4. The highest BCUT2D eigenvalue weighted by Crippen LogP contribution is 2.31. The molecule has 1 atom stereocenters. The zero-order valence-electron chi connectivity index (χ0n) is 15.9. The number of carbonyl (C=O) groups excluding carboxylic acids is 1. The molecule has 0 aliphatic carbocycles. The first-order valence-electron chi connectivity index (χ1n) is 9.02. The van der Waals surface area contributed by atoms with Crippen LogP contribution >= 0.6 is 0 Å². The SMILES string of the molecule is CC(C(=O)N(C)Cc1cccc(F)c1)N(C)Cc1ccc2c(c1)OCCO2. The molecule has 0 bridgehead atoms. The maximum Gasteiger partial charge on any atom is 0.239 e. The molecule has 0 aromatic heterocycles. The molecule has 2 aromatic rings. The molecule has 0 saturated heterocycles. The Morgan fingerprint density at radius 1 is 1.04 bits per heavy atom. The lowest BCUT2D eigenvalue weighted by Gasteiger charge is -2.28. The molecule has 0 fully saturated rings. The van der Waals surface area contributed by atoms with Crippen molar-refractivity contribution >= 4 is 5.91 Å². The van der Waals surface area contributed by atoms with Crippen molar-refractivity contribution in [1.29, 1.82) is 0 Å². The van der Waals surface area contributed by atoms with Crippen LogP contribution in [-0.2, 0) is 17.9 Å². The first kappa shape index (κ1) is 19.2. The number of ether oxygens (including phenoxy) is 2. The van der Waals surface area contributed by atoms with Crippen molar-refractivity contribution in [1.82, 2.24) is 9.80 Å². The second-order valence-electron chi connectivity index (χ2n) is 6.89. The number of hydrogen-bond acceptors (Lipinski definition) is 4. The fourth-order valence-electron chi connectivity index (χ4n) is 3.11. The molecule has 5 nitrogen and oxygen atoms in total. The van der Waals surface area contributed by atoms with Crippen LogP contribution in [0.4, 0.5) is 4.39 Å². The summed E-state index contributed by atoms with van der Waals surface area (Å²) in [7, 11) is 3.65. The van der Waals surface area contributed by atoms with E-state index in [1.54, 1.807) is 18.0 Å². The van der Waals surface area contributed by atoms with Gasteiger partial charge in [0.15, 0.2) is 11.5 Å². The fourth-order valence-corrected chi connectivity index (χ4v) is 3.11. The number of rotatable bonds is 6. The highest BCUT2D eigenvalue weighted by atomic mass is 19.1. The van der Waals surface area contributed by atoms with Gasteiger partial charge in [-0.15, -0.1) is 0 Å². The number of amides is 1. The molecule has 0 radical (unpaired) electrons. The molecule has 2 aromatic carbocycles. The third-order valence-electron chi connectivity index (χ3n) is 4.74. The summed E-state index contributed by atoms with van der Waals surface area (Å²) in [6.07, 6.45) is 0. The van der Waals surface area contributed by atoms with Crippen molar-refractivity contribution in [3.63, 3.8) is 0 Å². The van der Waals surface area contributed by atoms with Crippen LogP contribution in [0.15, 0.2) is 42.5 Å². The van der Waals surface area contributed by atoms with Gasteiger partial charge < -0.3 is 14.4 Å². The van der Waals surface area contributed by atoms with Crippen LogP contribution in [0, 0.1) is 5.82 Å². The van der Waals surface area contributed by atoms with Crippen LogP contribution in [0.2, 0.25) is 0 Å². The van der Waals surface area contributed by atoms with E-state index in [4.69, 9.17) is 9.47 Å². The minimum Gasteiger partial charge on any atom is -0.486 e. The van der Waals surface area contributed by atoms with Crippen molar-refractivity contribution in [2.24, 2.45) is 0 Å². The Hall–Kier alpha value is -2.60. The summed E-state index contributed by atoms with van der Waals surface area (Å²) in [5.74, 6) is 1.19. The Morgan fingerprint density at radius 2 is 1.74 bits per heavy atom. The minimum absolute atomic E-state index is 0.0145. The summed E-state index contributed by atoms with van der Waals surface area (Å²) >= 11 is 0. The molecule has 1 unspecified atom stereocenters. The maximum atomic E-state index is 13.3. The van der Waals surface area contributed by atoms with Crippen LogP contribution in [0.25, 0.3) is 0 Å². The molecule has 6 heteroatoms. The molecular weight excluding hydrogens is 347 g/mol. The van der Waals surface area contributed by atoms with Crippen molar-refractivity contribution in [2.75, 3.05) is 27.3 Å². The number of hydrogen-bond donors (Lipinski definition) is 0. The van der Waals surface area contributed by atoms with E-state index in [-0.39, 0.29) is 17.8 Å². The molecule has 3 rings (SSSR count). The van der Waals surface area contributed by atoms with Crippen molar-refractivity contribution in [3.8, 4) is 11.5 Å². The Bertz CT molecular complexity index is 812. The predicted molar refractivity (Wildman–Crippen MR) is 101 cm³/mol. The van der Waals surface area contributed by atoms with Crippen LogP contribution in [-0.4, -0.2) is 49.1 Å². The average molecular weight is 372 g/mol. The lowest BCUT2D eigenvalue weighted by Crippen LogP contribution is -2.43. The second kappa shape index (κ2) is 8.39. The van der Waals surface area contributed by atoms with Gasteiger partial charge in [0.2, 0.25) is 5.91 Å². The van der Waals surface area contributed by atoms with Crippen molar-refractivity contribution in [2.45, 2.75) is 26.1 Å². The van der Waals surface area contributed by atoms with Crippen LogP contribution in [0.1, 0.15) is 18.1 Å². The van der Waals surface area contributed by atoms with Gasteiger partial charge in [-0.05, 0) is 49.4 Å².